The maximum absolute atomic E-state index is 11.6. The highest BCUT2D eigenvalue weighted by Gasteiger charge is 2.19. The van der Waals surface area contributed by atoms with Crippen molar-refractivity contribution < 1.29 is 8.95 Å². The second kappa shape index (κ2) is 5.67. The number of ether oxygens (including phenoxy) is 1. The Hall–Kier alpha value is 0.0700. The standard InChI is InChI=1S/C8H17NO2S/c1-9-4-7-12(10)8-2-5-11-6-3-8/h8-9H,2-7H2,1H3. The molecule has 1 aliphatic heterocycles. The maximum atomic E-state index is 11.6. The van der Waals surface area contributed by atoms with Crippen LogP contribution in [-0.4, -0.2) is 42.0 Å². The average Bonchev–Trinajstić information content (AvgIpc) is 2.15. The Labute approximate surface area is 76.3 Å². The lowest BCUT2D eigenvalue weighted by Gasteiger charge is -2.21. The molecule has 1 saturated heterocycles. The van der Waals surface area contributed by atoms with Gasteiger partial charge in [-0.2, -0.15) is 0 Å². The van der Waals surface area contributed by atoms with E-state index in [2.05, 4.69) is 5.32 Å². The van der Waals surface area contributed by atoms with Gasteiger partial charge >= 0.3 is 0 Å². The number of rotatable bonds is 4. The molecule has 0 aliphatic carbocycles. The molecule has 1 aliphatic rings. The van der Waals surface area contributed by atoms with Gasteiger partial charge in [0.25, 0.3) is 0 Å². The summed E-state index contributed by atoms with van der Waals surface area (Å²) in [4.78, 5) is 0. The summed E-state index contributed by atoms with van der Waals surface area (Å²) in [6.07, 6.45) is 1.94. The molecule has 0 aromatic carbocycles. The molecule has 1 heterocycles. The van der Waals surface area contributed by atoms with Gasteiger partial charge in [0.05, 0.1) is 0 Å². The van der Waals surface area contributed by atoms with E-state index in [0.29, 0.717) is 5.25 Å². The molecule has 4 heteroatoms. The SMILES string of the molecule is CNCCS(=O)C1CCOCC1. The topological polar surface area (TPSA) is 38.3 Å². The molecule has 0 amide bonds. The molecule has 1 fully saturated rings. The van der Waals surface area contributed by atoms with Crippen LogP contribution in [0.3, 0.4) is 0 Å². The summed E-state index contributed by atoms with van der Waals surface area (Å²) in [5, 5.41) is 3.39. The van der Waals surface area contributed by atoms with Crippen molar-refractivity contribution in [3.05, 3.63) is 0 Å². The van der Waals surface area contributed by atoms with E-state index in [9.17, 15) is 4.21 Å². The largest absolute Gasteiger partial charge is 0.381 e. The van der Waals surface area contributed by atoms with E-state index < -0.39 is 10.8 Å². The van der Waals surface area contributed by atoms with E-state index in [1.807, 2.05) is 7.05 Å². The van der Waals surface area contributed by atoms with Crippen LogP contribution in [0.2, 0.25) is 0 Å². The highest BCUT2D eigenvalue weighted by atomic mass is 32.2. The van der Waals surface area contributed by atoms with Gasteiger partial charge in [-0.3, -0.25) is 4.21 Å². The summed E-state index contributed by atoms with van der Waals surface area (Å²) in [7, 11) is 1.24. The third kappa shape index (κ3) is 3.21. The monoisotopic (exact) mass is 191 g/mol. The molecule has 72 valence electrons. The summed E-state index contributed by atoms with van der Waals surface area (Å²) in [6.45, 7) is 2.43. The molecule has 0 aromatic rings. The molecule has 0 bridgehead atoms. The lowest BCUT2D eigenvalue weighted by atomic mass is 10.2. The minimum Gasteiger partial charge on any atom is -0.381 e. The van der Waals surface area contributed by atoms with E-state index in [0.717, 1.165) is 38.4 Å². The first-order chi connectivity index (χ1) is 5.84. The fourth-order valence-electron chi connectivity index (χ4n) is 1.31. The molecule has 0 radical (unpaired) electrons. The predicted octanol–water partition coefficient (Wildman–Crippen LogP) is 0.133. The molecule has 0 aromatic heterocycles. The summed E-state index contributed by atoms with van der Waals surface area (Å²) in [6, 6.07) is 0. The minimum atomic E-state index is -0.649. The van der Waals surface area contributed by atoms with Crippen molar-refractivity contribution in [2.75, 3.05) is 32.6 Å². The van der Waals surface area contributed by atoms with Crippen molar-refractivity contribution in [3.63, 3.8) is 0 Å². The Balaban J connectivity index is 2.20. The van der Waals surface area contributed by atoms with E-state index in [1.165, 1.54) is 0 Å². The van der Waals surface area contributed by atoms with E-state index in [-0.39, 0.29) is 0 Å². The van der Waals surface area contributed by atoms with Gasteiger partial charge in [-0.1, -0.05) is 0 Å². The lowest BCUT2D eigenvalue weighted by molar-refractivity contribution is 0.0992. The lowest BCUT2D eigenvalue weighted by Crippen LogP contribution is -2.29. The Morgan fingerprint density at radius 2 is 2.17 bits per heavy atom. The Bertz CT molecular complexity index is 146. The van der Waals surface area contributed by atoms with Crippen molar-refractivity contribution in [3.8, 4) is 0 Å². The number of nitrogens with one attached hydrogen (secondary N) is 1. The smallest absolute Gasteiger partial charge is 0.0477 e. The van der Waals surface area contributed by atoms with Crippen LogP contribution in [0.5, 0.6) is 0 Å². The number of hydrogen-bond donors (Lipinski definition) is 1. The Kier molecular flexibility index (Phi) is 4.80. The summed E-state index contributed by atoms with van der Waals surface area (Å²) >= 11 is 0. The first-order valence-corrected chi connectivity index (χ1v) is 5.82. The molecule has 1 N–H and O–H groups in total. The molecule has 0 spiro atoms. The molecule has 1 unspecified atom stereocenters. The van der Waals surface area contributed by atoms with Crippen LogP contribution >= 0.6 is 0 Å². The summed E-state index contributed by atoms with van der Waals surface area (Å²) in [5.41, 5.74) is 0. The molecular formula is C8H17NO2S. The molecular weight excluding hydrogens is 174 g/mol. The predicted molar refractivity (Wildman–Crippen MR) is 50.8 cm³/mol. The molecule has 0 saturated carbocycles. The van der Waals surface area contributed by atoms with Crippen LogP contribution in [0, 0.1) is 0 Å². The molecule has 1 atom stereocenters. The van der Waals surface area contributed by atoms with Crippen molar-refractivity contribution in [1.29, 1.82) is 0 Å². The summed E-state index contributed by atoms with van der Waals surface area (Å²) in [5.74, 6) is 0.779. The molecule has 3 nitrogen and oxygen atoms in total. The van der Waals surface area contributed by atoms with E-state index in [4.69, 9.17) is 4.74 Å². The van der Waals surface area contributed by atoms with Crippen LogP contribution in [-0.2, 0) is 15.5 Å². The fourth-order valence-corrected chi connectivity index (χ4v) is 2.77. The fraction of sp³-hybridized carbons (Fsp3) is 1.00. The van der Waals surface area contributed by atoms with Gasteiger partial charge in [0.2, 0.25) is 0 Å². The van der Waals surface area contributed by atoms with Crippen LogP contribution < -0.4 is 5.32 Å². The average molecular weight is 191 g/mol. The Morgan fingerprint density at radius 3 is 2.75 bits per heavy atom. The first kappa shape index (κ1) is 10.2. The summed E-state index contributed by atoms with van der Waals surface area (Å²) < 4.78 is 16.8. The number of hydrogen-bond acceptors (Lipinski definition) is 3. The van der Waals surface area contributed by atoms with Gasteiger partial charge in [0.15, 0.2) is 0 Å². The zero-order chi connectivity index (χ0) is 8.81. The van der Waals surface area contributed by atoms with Crippen molar-refractivity contribution >= 4 is 10.8 Å². The molecule has 1 rings (SSSR count). The normalized spacial score (nSPS) is 22.4. The highest BCUT2D eigenvalue weighted by Crippen LogP contribution is 2.12. The van der Waals surface area contributed by atoms with Gasteiger partial charge in [-0.25, -0.2) is 0 Å². The second-order valence-electron chi connectivity index (χ2n) is 3.00. The van der Waals surface area contributed by atoms with Gasteiger partial charge in [0.1, 0.15) is 0 Å². The zero-order valence-electron chi connectivity index (χ0n) is 7.54. The van der Waals surface area contributed by atoms with Crippen molar-refractivity contribution in [2.45, 2.75) is 18.1 Å². The second-order valence-corrected chi connectivity index (χ2v) is 4.84. The van der Waals surface area contributed by atoms with E-state index >= 15 is 0 Å². The van der Waals surface area contributed by atoms with Gasteiger partial charge in [0, 0.05) is 41.6 Å². The van der Waals surface area contributed by atoms with Crippen molar-refractivity contribution in [1.82, 2.24) is 5.32 Å². The molecule has 12 heavy (non-hydrogen) atoms. The van der Waals surface area contributed by atoms with Gasteiger partial charge < -0.3 is 10.1 Å². The first-order valence-electron chi connectivity index (χ1n) is 4.44. The minimum absolute atomic E-state index is 0.382. The van der Waals surface area contributed by atoms with Crippen molar-refractivity contribution in [2.24, 2.45) is 0 Å². The third-order valence-corrected chi connectivity index (χ3v) is 3.91. The van der Waals surface area contributed by atoms with Crippen LogP contribution in [0.4, 0.5) is 0 Å². The van der Waals surface area contributed by atoms with Crippen LogP contribution in [0.25, 0.3) is 0 Å². The van der Waals surface area contributed by atoms with Gasteiger partial charge in [-0.15, -0.1) is 0 Å². The third-order valence-electron chi connectivity index (χ3n) is 2.09. The van der Waals surface area contributed by atoms with Gasteiger partial charge in [-0.05, 0) is 19.9 Å². The van der Waals surface area contributed by atoms with Crippen LogP contribution in [0.1, 0.15) is 12.8 Å². The zero-order valence-corrected chi connectivity index (χ0v) is 8.36. The highest BCUT2D eigenvalue weighted by molar-refractivity contribution is 7.85. The quantitative estimate of drug-likeness (QED) is 0.686. The Morgan fingerprint density at radius 1 is 1.50 bits per heavy atom. The van der Waals surface area contributed by atoms with Crippen LogP contribution in [0.15, 0.2) is 0 Å². The maximum Gasteiger partial charge on any atom is 0.0477 e. The van der Waals surface area contributed by atoms with E-state index in [1.54, 1.807) is 0 Å².